The highest BCUT2D eigenvalue weighted by Crippen LogP contribution is 2.53. The predicted octanol–water partition coefficient (Wildman–Crippen LogP) is 12.0. The van der Waals surface area contributed by atoms with Crippen molar-refractivity contribution in [3.05, 3.63) is 175 Å². The molecule has 0 spiro atoms. The van der Waals surface area contributed by atoms with E-state index in [4.69, 9.17) is 9.97 Å². The van der Waals surface area contributed by atoms with E-state index in [1.807, 2.05) is 12.4 Å². The molecule has 236 valence electrons. The molecule has 0 radical (unpaired) electrons. The molecule has 3 heteroatoms. The molecule has 0 fully saturated rings. The van der Waals surface area contributed by atoms with Gasteiger partial charge in [0.05, 0.1) is 11.0 Å². The predicted molar refractivity (Wildman–Crippen MR) is 208 cm³/mol. The topological polar surface area (TPSA) is 30.7 Å². The van der Waals surface area contributed by atoms with E-state index in [9.17, 15) is 0 Å². The maximum atomic E-state index is 5.07. The summed E-state index contributed by atoms with van der Waals surface area (Å²) >= 11 is 0. The summed E-state index contributed by atoms with van der Waals surface area (Å²) in [5, 5.41) is 4.99. The quantitative estimate of drug-likeness (QED) is 0.192. The van der Waals surface area contributed by atoms with Crippen molar-refractivity contribution in [2.45, 2.75) is 19.3 Å². The fourth-order valence-electron chi connectivity index (χ4n) is 8.16. The van der Waals surface area contributed by atoms with E-state index in [2.05, 4.69) is 170 Å². The zero-order chi connectivity index (χ0) is 33.4. The molecular formula is C47H33N3. The Balaban J connectivity index is 1.15. The Morgan fingerprint density at radius 1 is 0.440 bits per heavy atom. The first-order valence-electron chi connectivity index (χ1n) is 17.2. The molecule has 0 saturated heterocycles. The average molecular weight is 640 g/mol. The van der Waals surface area contributed by atoms with Crippen molar-refractivity contribution < 1.29 is 0 Å². The van der Waals surface area contributed by atoms with Crippen LogP contribution in [-0.2, 0) is 5.41 Å². The highest BCUT2D eigenvalue weighted by Gasteiger charge is 2.37. The van der Waals surface area contributed by atoms with Crippen LogP contribution in [0.2, 0.25) is 0 Å². The van der Waals surface area contributed by atoms with Gasteiger partial charge in [0.15, 0.2) is 0 Å². The molecule has 50 heavy (non-hydrogen) atoms. The maximum Gasteiger partial charge on any atom is 0.234 e. The van der Waals surface area contributed by atoms with Gasteiger partial charge in [-0.15, -0.1) is 0 Å². The van der Waals surface area contributed by atoms with Gasteiger partial charge < -0.3 is 0 Å². The summed E-state index contributed by atoms with van der Waals surface area (Å²) in [6.45, 7) is 4.71. The van der Waals surface area contributed by atoms with Crippen LogP contribution in [0.4, 0.5) is 0 Å². The number of rotatable bonds is 4. The van der Waals surface area contributed by atoms with Gasteiger partial charge >= 0.3 is 0 Å². The van der Waals surface area contributed by atoms with E-state index >= 15 is 0 Å². The number of hydrogen-bond acceptors (Lipinski definition) is 2. The van der Waals surface area contributed by atoms with Crippen molar-refractivity contribution in [2.24, 2.45) is 0 Å². The first kappa shape index (κ1) is 28.7. The standard InChI is InChI=1S/C47H33N3/c1-47(2)41-22-21-32-17-9-10-18-37(32)45(41)40-27-44-39(26-42(40)47)38-19-11-12-20-43(38)50(44)46-48-28-36(29-49-46)35-24-33(30-13-5-3-6-14-30)23-34(25-35)31-15-7-4-8-16-31/h3-29H,1-2H3. The Morgan fingerprint density at radius 3 is 1.70 bits per heavy atom. The molecule has 9 aromatic rings. The first-order chi connectivity index (χ1) is 24.5. The van der Waals surface area contributed by atoms with E-state index in [1.54, 1.807) is 0 Å². The number of benzene rings is 7. The van der Waals surface area contributed by atoms with Crippen molar-refractivity contribution in [3.63, 3.8) is 0 Å². The molecule has 1 aliphatic carbocycles. The molecular weight excluding hydrogens is 607 g/mol. The first-order valence-corrected chi connectivity index (χ1v) is 17.2. The van der Waals surface area contributed by atoms with Crippen molar-refractivity contribution in [1.82, 2.24) is 14.5 Å². The van der Waals surface area contributed by atoms with Gasteiger partial charge in [-0.05, 0) is 97.2 Å². The molecule has 1 aliphatic rings. The number of nitrogens with zero attached hydrogens (tertiary/aromatic N) is 3. The van der Waals surface area contributed by atoms with Crippen LogP contribution in [0, 0.1) is 0 Å². The Bertz CT molecular complexity index is 2700. The maximum absolute atomic E-state index is 5.07. The number of para-hydroxylation sites is 1. The minimum Gasteiger partial charge on any atom is -0.278 e. The summed E-state index contributed by atoms with van der Waals surface area (Å²) in [6.07, 6.45) is 3.95. The smallest absolute Gasteiger partial charge is 0.234 e. The van der Waals surface area contributed by atoms with E-state index in [-0.39, 0.29) is 5.41 Å². The van der Waals surface area contributed by atoms with Gasteiger partial charge in [0.1, 0.15) is 0 Å². The van der Waals surface area contributed by atoms with Crippen LogP contribution in [0.3, 0.4) is 0 Å². The second kappa shape index (κ2) is 10.8. The van der Waals surface area contributed by atoms with Crippen molar-refractivity contribution >= 4 is 32.6 Å². The second-order valence-electron chi connectivity index (χ2n) is 13.9. The zero-order valence-electron chi connectivity index (χ0n) is 27.9. The fourth-order valence-corrected chi connectivity index (χ4v) is 8.16. The molecule has 0 atom stereocenters. The summed E-state index contributed by atoms with van der Waals surface area (Å²) in [7, 11) is 0. The normalized spacial score (nSPS) is 13.2. The molecule has 2 aromatic heterocycles. The monoisotopic (exact) mass is 639 g/mol. The Morgan fingerprint density at radius 2 is 1.02 bits per heavy atom. The highest BCUT2D eigenvalue weighted by molar-refractivity contribution is 6.13. The van der Waals surface area contributed by atoms with Gasteiger partial charge in [0.2, 0.25) is 5.95 Å². The summed E-state index contributed by atoms with van der Waals surface area (Å²) < 4.78 is 2.24. The molecule has 7 aromatic carbocycles. The summed E-state index contributed by atoms with van der Waals surface area (Å²) in [5.74, 6) is 0.665. The molecule has 0 bridgehead atoms. The van der Waals surface area contributed by atoms with Gasteiger partial charge in [-0.3, -0.25) is 4.57 Å². The minimum absolute atomic E-state index is 0.114. The molecule has 0 saturated carbocycles. The van der Waals surface area contributed by atoms with Crippen molar-refractivity contribution in [1.29, 1.82) is 0 Å². The average Bonchev–Trinajstić information content (AvgIpc) is 3.62. The third kappa shape index (κ3) is 4.30. The largest absolute Gasteiger partial charge is 0.278 e. The Hall–Kier alpha value is -6.32. The van der Waals surface area contributed by atoms with Crippen LogP contribution in [0.1, 0.15) is 25.0 Å². The van der Waals surface area contributed by atoms with Crippen molar-refractivity contribution in [2.75, 3.05) is 0 Å². The SMILES string of the molecule is CC1(C)c2cc3c4ccccc4n(-c4ncc(-c5cc(-c6ccccc6)cc(-c6ccccc6)c5)cn4)c3cc2-c2c1ccc1ccccc21. The van der Waals surface area contributed by atoms with Crippen LogP contribution in [0.15, 0.2) is 164 Å². The molecule has 0 N–H and O–H groups in total. The summed E-state index contributed by atoms with van der Waals surface area (Å²) in [4.78, 5) is 10.1. The van der Waals surface area contributed by atoms with E-state index in [0.717, 1.165) is 33.3 Å². The van der Waals surface area contributed by atoms with Crippen LogP contribution < -0.4 is 0 Å². The third-order valence-electron chi connectivity index (χ3n) is 10.7. The van der Waals surface area contributed by atoms with Crippen LogP contribution in [-0.4, -0.2) is 14.5 Å². The lowest BCUT2D eigenvalue weighted by molar-refractivity contribution is 0.661. The zero-order valence-corrected chi connectivity index (χ0v) is 27.9. The summed E-state index contributed by atoms with van der Waals surface area (Å²) in [6, 6.07) is 54.7. The number of fused-ring (bicyclic) bond motifs is 8. The number of hydrogen-bond donors (Lipinski definition) is 0. The van der Waals surface area contributed by atoms with Gasteiger partial charge in [0.25, 0.3) is 0 Å². The van der Waals surface area contributed by atoms with Gasteiger partial charge in [0, 0.05) is 34.1 Å². The Labute approximate surface area is 291 Å². The van der Waals surface area contributed by atoms with Crippen LogP contribution in [0.5, 0.6) is 0 Å². The fraction of sp³-hybridized carbons (Fsp3) is 0.0638. The molecule has 0 unspecified atom stereocenters. The van der Waals surface area contributed by atoms with E-state index < -0.39 is 0 Å². The minimum atomic E-state index is -0.114. The molecule has 2 heterocycles. The number of aromatic nitrogens is 3. The van der Waals surface area contributed by atoms with Crippen LogP contribution in [0.25, 0.3) is 83.0 Å². The third-order valence-corrected chi connectivity index (χ3v) is 10.7. The lowest BCUT2D eigenvalue weighted by atomic mass is 9.81. The van der Waals surface area contributed by atoms with Crippen LogP contribution >= 0.6 is 0 Å². The van der Waals surface area contributed by atoms with Crippen molar-refractivity contribution in [3.8, 4) is 50.5 Å². The lowest BCUT2D eigenvalue weighted by Crippen LogP contribution is -2.14. The van der Waals surface area contributed by atoms with Gasteiger partial charge in [-0.1, -0.05) is 129 Å². The lowest BCUT2D eigenvalue weighted by Gasteiger charge is -2.21. The molecule has 0 amide bonds. The Kier molecular flexibility index (Phi) is 6.22. The second-order valence-corrected chi connectivity index (χ2v) is 13.9. The molecule has 3 nitrogen and oxygen atoms in total. The van der Waals surface area contributed by atoms with Gasteiger partial charge in [-0.2, -0.15) is 0 Å². The molecule has 0 aliphatic heterocycles. The van der Waals surface area contributed by atoms with E-state index in [1.165, 1.54) is 54.9 Å². The van der Waals surface area contributed by atoms with Gasteiger partial charge in [-0.25, -0.2) is 9.97 Å². The molecule has 10 rings (SSSR count). The summed E-state index contributed by atoms with van der Waals surface area (Å²) in [5.41, 5.74) is 14.2. The van der Waals surface area contributed by atoms with E-state index in [0.29, 0.717) is 5.95 Å². The highest BCUT2D eigenvalue weighted by atomic mass is 15.1.